The number of aromatic nitrogens is 4. The van der Waals surface area contributed by atoms with E-state index in [9.17, 15) is 4.79 Å². The van der Waals surface area contributed by atoms with E-state index in [0.29, 0.717) is 17.2 Å². The highest BCUT2D eigenvalue weighted by atomic mass is 16.6. The van der Waals surface area contributed by atoms with Crippen LogP contribution in [-0.4, -0.2) is 45.3 Å². The lowest BCUT2D eigenvalue weighted by Gasteiger charge is -2.19. The van der Waals surface area contributed by atoms with Gasteiger partial charge in [0.1, 0.15) is 5.60 Å². The molecule has 2 aromatic heterocycles. The molecule has 0 amide bonds. The van der Waals surface area contributed by atoms with Crippen LogP contribution in [-0.2, 0) is 9.53 Å². The van der Waals surface area contributed by atoms with Crippen molar-refractivity contribution >= 4 is 29.3 Å². The third-order valence-electron chi connectivity index (χ3n) is 3.79. The molecule has 0 fully saturated rings. The van der Waals surface area contributed by atoms with Crippen LogP contribution in [0.4, 0.5) is 11.6 Å². The van der Waals surface area contributed by atoms with Gasteiger partial charge in [-0.15, -0.1) is 0 Å². The Morgan fingerprint density at radius 3 is 2.54 bits per heavy atom. The van der Waals surface area contributed by atoms with Crippen LogP contribution in [0, 0.1) is 0 Å². The highest BCUT2D eigenvalue weighted by Crippen LogP contribution is 2.25. The van der Waals surface area contributed by atoms with Gasteiger partial charge >= 0.3 is 12.0 Å². The van der Waals surface area contributed by atoms with Gasteiger partial charge in [0.05, 0.1) is 13.3 Å². The Balaban J connectivity index is 2.01. The third kappa shape index (κ3) is 4.28. The average molecular weight is 381 g/mol. The Bertz CT molecular complexity index is 1010. The largest absolute Gasteiger partial charge is 0.467 e. The summed E-state index contributed by atoms with van der Waals surface area (Å²) in [4.78, 5) is 22.7. The number of methoxy groups -OCH3 is 1. The van der Waals surface area contributed by atoms with Crippen LogP contribution in [0.1, 0.15) is 26.3 Å². The van der Waals surface area contributed by atoms with Gasteiger partial charge in [0, 0.05) is 24.4 Å². The molecule has 0 aliphatic heterocycles. The molecule has 8 heteroatoms. The first-order chi connectivity index (χ1) is 13.3. The second-order valence-electron chi connectivity index (χ2n) is 7.11. The van der Waals surface area contributed by atoms with Crippen LogP contribution in [0.3, 0.4) is 0 Å². The molecule has 0 aliphatic rings. The van der Waals surface area contributed by atoms with Gasteiger partial charge in [-0.05, 0) is 39.0 Å². The number of carbonyl (C=O) groups excluding carboxylic acids is 1. The van der Waals surface area contributed by atoms with Gasteiger partial charge in [0.2, 0.25) is 5.95 Å². The summed E-state index contributed by atoms with van der Waals surface area (Å²) in [6, 6.07) is 9.97. The normalized spacial score (nSPS) is 11.8. The smallest absolute Gasteiger partial charge is 0.331 e. The zero-order valence-corrected chi connectivity index (χ0v) is 16.6. The minimum absolute atomic E-state index is 0.206. The molecule has 0 saturated heterocycles. The van der Waals surface area contributed by atoms with E-state index in [4.69, 9.17) is 9.47 Å². The summed E-state index contributed by atoms with van der Waals surface area (Å²) in [6.07, 6.45) is 4.60. The lowest BCUT2D eigenvalue weighted by Crippen LogP contribution is -2.22. The molecule has 28 heavy (non-hydrogen) atoms. The summed E-state index contributed by atoms with van der Waals surface area (Å²) in [7, 11) is 3.39. The van der Waals surface area contributed by atoms with Gasteiger partial charge in [-0.3, -0.25) is 0 Å². The molecule has 3 aromatic rings. The topological polar surface area (TPSA) is 81.8 Å². The quantitative estimate of drug-likeness (QED) is 0.495. The number of esters is 1. The van der Waals surface area contributed by atoms with Crippen LogP contribution in [0.5, 0.6) is 6.01 Å². The number of hydrogen-bond donors (Lipinski definition) is 0. The monoisotopic (exact) mass is 381 g/mol. The van der Waals surface area contributed by atoms with E-state index in [1.165, 1.54) is 13.2 Å². The number of carbonyl (C=O) groups is 1. The standard InChI is InChI=1S/C20H23N5O3/c1-20(2,3)28-16(26)12-11-14-13-21-25-17(14)22-18(27-5)23-19(25)24(4)15-9-7-6-8-10-15/h6-13H,1-5H3/b12-11+. The summed E-state index contributed by atoms with van der Waals surface area (Å²) < 4.78 is 12.2. The number of ether oxygens (including phenoxy) is 2. The van der Waals surface area contributed by atoms with Crippen molar-refractivity contribution in [1.82, 2.24) is 19.6 Å². The number of fused-ring (bicyclic) bond motifs is 1. The molecule has 0 spiro atoms. The summed E-state index contributed by atoms with van der Waals surface area (Å²) in [5.41, 5.74) is 1.55. The molecular formula is C20H23N5O3. The maximum atomic E-state index is 12.0. The summed E-state index contributed by atoms with van der Waals surface area (Å²) in [6.45, 7) is 5.45. The zero-order valence-electron chi connectivity index (χ0n) is 16.6. The zero-order chi connectivity index (χ0) is 20.3. The van der Waals surface area contributed by atoms with Crippen molar-refractivity contribution in [3.8, 4) is 6.01 Å². The first-order valence-corrected chi connectivity index (χ1v) is 8.78. The molecule has 0 atom stereocenters. The molecule has 0 N–H and O–H groups in total. The first kappa shape index (κ1) is 19.3. The fraction of sp³-hybridized carbons (Fsp3) is 0.300. The van der Waals surface area contributed by atoms with Gasteiger partial charge in [0.15, 0.2) is 5.65 Å². The molecule has 0 radical (unpaired) electrons. The summed E-state index contributed by atoms with van der Waals surface area (Å²) in [5, 5.41) is 4.38. The third-order valence-corrected chi connectivity index (χ3v) is 3.79. The van der Waals surface area contributed by atoms with E-state index in [-0.39, 0.29) is 6.01 Å². The number of nitrogens with zero attached hydrogens (tertiary/aromatic N) is 5. The van der Waals surface area contributed by atoms with Crippen LogP contribution in [0.15, 0.2) is 42.6 Å². The van der Waals surface area contributed by atoms with Gasteiger partial charge in [-0.25, -0.2) is 4.79 Å². The molecular weight excluding hydrogens is 358 g/mol. The SMILES string of the molecule is COc1nc(N(C)c2ccccc2)n2ncc(/C=C/C(=O)OC(C)(C)C)c2n1. The van der Waals surface area contributed by atoms with Crippen molar-refractivity contribution in [2.24, 2.45) is 0 Å². The van der Waals surface area contributed by atoms with E-state index >= 15 is 0 Å². The Morgan fingerprint density at radius 1 is 1.18 bits per heavy atom. The highest BCUT2D eigenvalue weighted by Gasteiger charge is 2.17. The minimum Gasteiger partial charge on any atom is -0.467 e. The van der Waals surface area contributed by atoms with Gasteiger partial charge in [0.25, 0.3) is 0 Å². The predicted octanol–water partition coefficient (Wildman–Crippen LogP) is 3.26. The number of benzene rings is 1. The number of para-hydroxylation sites is 1. The number of anilines is 2. The number of hydrogen-bond acceptors (Lipinski definition) is 7. The van der Waals surface area contributed by atoms with E-state index in [1.54, 1.807) is 16.8 Å². The Morgan fingerprint density at radius 2 is 1.89 bits per heavy atom. The van der Waals surface area contributed by atoms with E-state index in [0.717, 1.165) is 5.69 Å². The summed E-state index contributed by atoms with van der Waals surface area (Å²) in [5.74, 6) is 0.0967. The van der Waals surface area contributed by atoms with E-state index in [2.05, 4.69) is 15.1 Å². The van der Waals surface area contributed by atoms with Crippen LogP contribution >= 0.6 is 0 Å². The second kappa shape index (κ2) is 7.67. The Kier molecular flexibility index (Phi) is 5.30. The lowest BCUT2D eigenvalue weighted by molar-refractivity contribution is -0.148. The molecule has 0 aliphatic carbocycles. The highest BCUT2D eigenvalue weighted by molar-refractivity contribution is 5.88. The molecule has 146 valence electrons. The van der Waals surface area contributed by atoms with Crippen molar-refractivity contribution in [2.45, 2.75) is 26.4 Å². The van der Waals surface area contributed by atoms with Crippen molar-refractivity contribution in [1.29, 1.82) is 0 Å². The van der Waals surface area contributed by atoms with Crippen molar-refractivity contribution in [3.63, 3.8) is 0 Å². The van der Waals surface area contributed by atoms with Gasteiger partial charge < -0.3 is 14.4 Å². The maximum absolute atomic E-state index is 12.0. The lowest BCUT2D eigenvalue weighted by atomic mass is 10.2. The molecule has 0 saturated carbocycles. The van der Waals surface area contributed by atoms with Crippen molar-refractivity contribution in [2.75, 3.05) is 19.1 Å². The van der Waals surface area contributed by atoms with Crippen LogP contribution in [0.2, 0.25) is 0 Å². The fourth-order valence-corrected chi connectivity index (χ4v) is 2.55. The molecule has 3 rings (SSSR count). The van der Waals surface area contributed by atoms with Gasteiger partial charge in [-0.1, -0.05) is 18.2 Å². The molecule has 1 aromatic carbocycles. The predicted molar refractivity (Wildman–Crippen MR) is 107 cm³/mol. The molecule has 0 unspecified atom stereocenters. The fourth-order valence-electron chi connectivity index (χ4n) is 2.55. The molecule has 0 bridgehead atoms. The van der Waals surface area contributed by atoms with Crippen molar-refractivity contribution in [3.05, 3.63) is 48.2 Å². The average Bonchev–Trinajstić information content (AvgIpc) is 3.07. The van der Waals surface area contributed by atoms with Gasteiger partial charge in [-0.2, -0.15) is 19.6 Å². The van der Waals surface area contributed by atoms with E-state index in [1.807, 2.05) is 63.1 Å². The molecule has 2 heterocycles. The van der Waals surface area contributed by atoms with E-state index < -0.39 is 11.6 Å². The molecule has 8 nitrogen and oxygen atoms in total. The van der Waals surface area contributed by atoms with Crippen LogP contribution in [0.25, 0.3) is 11.7 Å². The minimum atomic E-state index is -0.556. The maximum Gasteiger partial charge on any atom is 0.331 e. The van der Waals surface area contributed by atoms with Crippen LogP contribution < -0.4 is 9.64 Å². The first-order valence-electron chi connectivity index (χ1n) is 8.78. The second-order valence-corrected chi connectivity index (χ2v) is 7.11. The van der Waals surface area contributed by atoms with Crippen molar-refractivity contribution < 1.29 is 14.3 Å². The summed E-state index contributed by atoms with van der Waals surface area (Å²) >= 11 is 0. The Hall–Kier alpha value is -3.42. The Labute approximate surface area is 163 Å². The number of rotatable bonds is 5.